The van der Waals surface area contributed by atoms with Crippen LogP contribution >= 0.6 is 121 Å². The van der Waals surface area contributed by atoms with E-state index in [-0.39, 0.29) is 0 Å². The second-order valence-corrected chi connectivity index (χ2v) is 20.6. The number of nitrogens with zero attached hydrogens (tertiary/aromatic N) is 1. The standard InChI is InChI=1S/C4H12N.4BrIO2/c1-5(2,3)4;4*1-2(3)4/h1-4H3;;;;/q+1;;;;. The van der Waals surface area contributed by atoms with Gasteiger partial charge in [0.1, 0.15) is 0 Å². The topological polar surface area (TPSA) is 137 Å². The highest BCUT2D eigenvalue weighted by Gasteiger charge is 1.88. The van der Waals surface area contributed by atoms with E-state index in [2.05, 4.69) is 79.0 Å². The van der Waals surface area contributed by atoms with Gasteiger partial charge in [-0.25, -0.2) is 24.6 Å². The van der Waals surface area contributed by atoms with Crippen LogP contribution in [0.1, 0.15) is 0 Å². The summed E-state index contributed by atoms with van der Waals surface area (Å²) in [6.45, 7) is 0. The fourth-order valence-corrected chi connectivity index (χ4v) is 0. The molecule has 21 heavy (non-hydrogen) atoms. The van der Waals surface area contributed by atoms with Gasteiger partial charge in [0.2, 0.25) is 0 Å². The quantitative estimate of drug-likeness (QED) is 0.204. The highest BCUT2D eigenvalue weighted by Crippen LogP contribution is 2.13. The van der Waals surface area contributed by atoms with Crippen LogP contribution < -0.4 is 0 Å². The summed E-state index contributed by atoms with van der Waals surface area (Å²) in [4.78, 5) is 0. The summed E-state index contributed by atoms with van der Waals surface area (Å²) in [6.07, 6.45) is 0. The Labute approximate surface area is 174 Å². The van der Waals surface area contributed by atoms with Crippen molar-refractivity contribution in [1.29, 1.82) is 0 Å². The van der Waals surface area contributed by atoms with Gasteiger partial charge < -0.3 is 4.48 Å². The molecule has 0 unspecified atom stereocenters. The van der Waals surface area contributed by atoms with Crippen molar-refractivity contribution in [2.45, 2.75) is 0 Å². The molecule has 0 aliphatic rings. The van der Waals surface area contributed by atoms with Gasteiger partial charge in [-0.1, -0.05) is 0 Å². The van der Waals surface area contributed by atoms with Crippen molar-refractivity contribution in [2.24, 2.45) is 0 Å². The fourth-order valence-electron chi connectivity index (χ4n) is 0. The molecule has 0 aromatic carbocycles. The third-order valence-electron chi connectivity index (χ3n) is 0. The van der Waals surface area contributed by atoms with Crippen molar-refractivity contribution in [3.05, 3.63) is 0 Å². The Morgan fingerprint density at radius 3 is 0.476 bits per heavy atom. The van der Waals surface area contributed by atoms with Gasteiger partial charge in [-0.3, -0.25) is 0 Å². The van der Waals surface area contributed by atoms with E-state index in [1.807, 2.05) is 0 Å². The number of hydrogen-bond donors (Lipinski definition) is 0. The molecule has 0 heterocycles. The molecular formula is C4H12Br4I4NO8+. The number of quaternary nitrogens is 1. The molecule has 9 nitrogen and oxygen atoms in total. The Morgan fingerprint density at radius 2 is 0.476 bits per heavy atom. The van der Waals surface area contributed by atoms with E-state index in [9.17, 15) is 0 Å². The summed E-state index contributed by atoms with van der Waals surface area (Å²) in [5, 5.41) is 0. The van der Waals surface area contributed by atoms with Crippen molar-refractivity contribution in [2.75, 3.05) is 28.2 Å². The second-order valence-electron chi connectivity index (χ2n) is 3.40. The first-order valence-corrected chi connectivity index (χ1v) is 30.0. The van der Waals surface area contributed by atoms with E-state index < -0.39 is 70.3 Å². The highest BCUT2D eigenvalue weighted by atomic mass is 127. The fraction of sp³-hybridized carbons (Fsp3) is 1.00. The van der Waals surface area contributed by atoms with Gasteiger partial charge in [0.25, 0.3) is 0 Å². The van der Waals surface area contributed by atoms with E-state index in [0.29, 0.717) is 0 Å². The first-order valence-electron chi connectivity index (χ1n) is 3.59. The van der Waals surface area contributed by atoms with Crippen LogP contribution in [0, 0.1) is 0 Å². The van der Waals surface area contributed by atoms with E-state index >= 15 is 0 Å². The largest absolute Gasteiger partial charge is 0.378 e. The Balaban J connectivity index is -0.0000000510. The molecule has 0 atom stereocenters. The molecule has 0 aromatic heterocycles. The van der Waals surface area contributed by atoms with Crippen LogP contribution in [-0.2, 0) is 24.6 Å². The molecule has 0 saturated heterocycles. The van der Waals surface area contributed by atoms with Crippen LogP contribution in [0.5, 0.6) is 0 Å². The minimum atomic E-state index is -2.95. The highest BCUT2D eigenvalue weighted by molar-refractivity contribution is 14.3. The molecule has 0 amide bonds. The number of rotatable bonds is 0. The van der Waals surface area contributed by atoms with Crippen molar-refractivity contribution in [1.82, 2.24) is 0 Å². The summed E-state index contributed by atoms with van der Waals surface area (Å²) in [5.74, 6) is 0. The maximum Gasteiger partial charge on any atom is 0.378 e. The molecule has 0 bridgehead atoms. The van der Waals surface area contributed by atoms with Gasteiger partial charge in [0.15, 0.2) is 0 Å². The van der Waals surface area contributed by atoms with Crippen LogP contribution in [0.4, 0.5) is 0 Å². The summed E-state index contributed by atoms with van der Waals surface area (Å²) in [7, 11) is 8.50. The molecule has 0 aliphatic heterocycles. The molecule has 0 aromatic rings. The Morgan fingerprint density at radius 1 is 0.476 bits per heavy atom. The number of hydrogen-bond acceptors (Lipinski definition) is 8. The van der Waals surface area contributed by atoms with E-state index in [4.69, 9.17) is 24.6 Å². The van der Waals surface area contributed by atoms with Gasteiger partial charge >= 0.3 is 70.3 Å². The van der Waals surface area contributed by atoms with E-state index in [1.54, 1.807) is 0 Å². The Bertz CT molecular complexity index is 385. The first kappa shape index (κ1) is 35.3. The number of halogens is 8. The van der Waals surface area contributed by atoms with Crippen molar-refractivity contribution >= 4 is 121 Å². The smallest absolute Gasteiger partial charge is 0.333 e. The van der Waals surface area contributed by atoms with Gasteiger partial charge in [-0.15, -0.1) is 0 Å². The van der Waals surface area contributed by atoms with Crippen LogP contribution in [0.3, 0.4) is 0 Å². The molecular weight excluding hydrogens is 1020 g/mol. The molecule has 136 valence electrons. The van der Waals surface area contributed by atoms with Gasteiger partial charge in [0, 0.05) is 0 Å². The molecule has 17 heteroatoms. The molecule has 0 spiro atoms. The molecule has 0 aliphatic carbocycles. The molecule has 0 saturated carbocycles. The third-order valence-corrected chi connectivity index (χ3v) is 0. The normalized spacial score (nSPS) is 9.33. The summed E-state index contributed by atoms with van der Waals surface area (Å²) >= 11 is -2.54. The minimum absolute atomic E-state index is 1.00. The molecule has 0 radical (unpaired) electrons. The van der Waals surface area contributed by atoms with Crippen LogP contribution in [0.15, 0.2) is 0 Å². The summed E-state index contributed by atoms with van der Waals surface area (Å²) in [6, 6.07) is 0. The SMILES string of the molecule is C[N+](C)(C)C.O=I(=O)Br.O=I(=O)Br.O=I(=O)Br.O=I(=O)Br. The van der Waals surface area contributed by atoms with Gasteiger partial charge in [-0.2, -0.15) is 0 Å². The van der Waals surface area contributed by atoms with Gasteiger partial charge in [-0.05, 0) is 0 Å². The summed E-state index contributed by atoms with van der Waals surface area (Å²) in [5.41, 5.74) is 0. The zero-order chi connectivity index (χ0) is 18.8. The maximum absolute atomic E-state index is 9.05. The zero-order valence-corrected chi connectivity index (χ0v) is 25.7. The predicted molar refractivity (Wildman–Crippen MR) is 121 cm³/mol. The minimum Gasteiger partial charge on any atom is -0.333 e. The van der Waals surface area contributed by atoms with Crippen LogP contribution in [-0.4, -0.2) is 32.7 Å². The average Bonchev–Trinajstić information content (AvgIpc) is 1.91. The predicted octanol–water partition coefficient (Wildman–Crippen LogP) is 6.30. The monoisotopic (exact) mass is 1030 g/mol. The zero-order valence-electron chi connectivity index (χ0n) is 10.7. The lowest BCUT2D eigenvalue weighted by Gasteiger charge is -2.14. The van der Waals surface area contributed by atoms with Gasteiger partial charge in [0.05, 0.1) is 79.0 Å². The summed E-state index contributed by atoms with van der Waals surface area (Å²) < 4.78 is 73.4. The van der Waals surface area contributed by atoms with Crippen molar-refractivity contribution in [3.8, 4) is 0 Å². The first-order chi connectivity index (χ1) is 8.93. The Kier molecular flexibility index (Phi) is 42.8. The second kappa shape index (κ2) is 25.4. The van der Waals surface area contributed by atoms with Crippen molar-refractivity contribution < 1.29 is 29.0 Å². The molecule has 0 N–H and O–H groups in total. The third kappa shape index (κ3) is 1020. The average molecular weight is 1030 g/mol. The van der Waals surface area contributed by atoms with E-state index in [0.717, 1.165) is 4.48 Å². The lowest BCUT2D eigenvalue weighted by atomic mass is 10.8. The maximum atomic E-state index is 9.05. The van der Waals surface area contributed by atoms with Crippen molar-refractivity contribution in [3.63, 3.8) is 0 Å². The molecule has 0 fully saturated rings. The lowest BCUT2D eigenvalue weighted by Crippen LogP contribution is -2.27. The van der Waals surface area contributed by atoms with E-state index in [1.165, 1.54) is 0 Å². The molecule has 0 rings (SSSR count). The lowest BCUT2D eigenvalue weighted by molar-refractivity contribution is -0.849. The van der Waals surface area contributed by atoms with Crippen LogP contribution in [0.25, 0.3) is 0 Å². The Hall–Kier alpha value is 3.20. The van der Waals surface area contributed by atoms with Crippen LogP contribution in [0.2, 0.25) is 0 Å².